The fraction of sp³-hybridized carbons (Fsp3) is 0.286. The molecule has 0 aromatic carbocycles. The van der Waals surface area contributed by atoms with Gasteiger partial charge in [-0.1, -0.05) is 12.7 Å². The second-order valence-electron chi connectivity index (χ2n) is 1.21. The molecule has 2 nitrogen and oxygen atoms in total. The maximum Gasteiger partial charge on any atom is 0.329 e. The number of esters is 1. The van der Waals surface area contributed by atoms with E-state index < -0.39 is 5.97 Å². The standard InChI is InChI=1S/C4H6O2.C3H6S/c1-3-4(5)6-2;1-2-3-4/h3H,1H2,2H3;2-4H,1H3. The number of hydrogen-bond donors (Lipinski definition) is 1. The van der Waals surface area contributed by atoms with Crippen LogP contribution in [0.4, 0.5) is 0 Å². The van der Waals surface area contributed by atoms with Gasteiger partial charge in [0.15, 0.2) is 0 Å². The van der Waals surface area contributed by atoms with E-state index >= 15 is 0 Å². The van der Waals surface area contributed by atoms with Gasteiger partial charge in [0.25, 0.3) is 0 Å². The molecule has 0 aliphatic carbocycles. The maximum atomic E-state index is 9.84. The summed E-state index contributed by atoms with van der Waals surface area (Å²) in [7, 11) is 1.31. The van der Waals surface area contributed by atoms with E-state index in [0.29, 0.717) is 0 Å². The molecule has 0 saturated carbocycles. The van der Waals surface area contributed by atoms with Gasteiger partial charge in [-0.2, -0.15) is 12.6 Å². The predicted molar refractivity (Wildman–Crippen MR) is 46.0 cm³/mol. The van der Waals surface area contributed by atoms with Crippen molar-refractivity contribution in [2.45, 2.75) is 6.92 Å². The first-order valence-corrected chi connectivity index (χ1v) is 3.20. The quantitative estimate of drug-likeness (QED) is 0.359. The van der Waals surface area contributed by atoms with Crippen molar-refractivity contribution in [3.05, 3.63) is 24.1 Å². The SMILES string of the molecule is C=CC(=O)OC.CC=CS. The van der Waals surface area contributed by atoms with Crippen molar-refractivity contribution in [2.24, 2.45) is 0 Å². The highest BCUT2D eigenvalue weighted by Gasteiger charge is 1.81. The third kappa shape index (κ3) is 15.7. The summed E-state index contributed by atoms with van der Waals surface area (Å²) in [5.74, 6) is -0.394. The monoisotopic (exact) mass is 160 g/mol. The van der Waals surface area contributed by atoms with Gasteiger partial charge >= 0.3 is 5.97 Å². The van der Waals surface area contributed by atoms with Gasteiger partial charge in [-0.25, -0.2) is 4.79 Å². The third-order valence-electron chi connectivity index (χ3n) is 0.517. The molecule has 0 saturated heterocycles. The number of rotatable bonds is 1. The molecule has 0 N–H and O–H groups in total. The maximum absolute atomic E-state index is 9.84. The molecule has 0 aliphatic rings. The highest BCUT2D eigenvalue weighted by Crippen LogP contribution is 1.69. The van der Waals surface area contributed by atoms with E-state index in [-0.39, 0.29) is 0 Å². The largest absolute Gasteiger partial charge is 0.466 e. The number of methoxy groups -OCH3 is 1. The normalized spacial score (nSPS) is 7.90. The zero-order valence-corrected chi connectivity index (χ0v) is 7.10. The van der Waals surface area contributed by atoms with E-state index in [1.165, 1.54) is 7.11 Å². The van der Waals surface area contributed by atoms with Gasteiger partial charge in [-0.15, -0.1) is 0 Å². The van der Waals surface area contributed by atoms with Crippen molar-refractivity contribution < 1.29 is 9.53 Å². The van der Waals surface area contributed by atoms with Crippen LogP contribution in [0, 0.1) is 0 Å². The Morgan fingerprint density at radius 3 is 2.10 bits per heavy atom. The summed E-state index contributed by atoms with van der Waals surface area (Å²) in [5.41, 5.74) is 0. The van der Waals surface area contributed by atoms with Crippen LogP contribution in [-0.4, -0.2) is 13.1 Å². The van der Waals surface area contributed by atoms with Crippen LogP contribution in [-0.2, 0) is 9.53 Å². The first-order chi connectivity index (χ1) is 4.72. The minimum absolute atomic E-state index is 0.394. The van der Waals surface area contributed by atoms with Gasteiger partial charge in [0.2, 0.25) is 0 Å². The molecular weight excluding hydrogens is 148 g/mol. The van der Waals surface area contributed by atoms with E-state index in [4.69, 9.17) is 0 Å². The number of ether oxygens (including phenoxy) is 1. The lowest BCUT2D eigenvalue weighted by Gasteiger charge is -1.83. The van der Waals surface area contributed by atoms with Crippen molar-refractivity contribution in [3.8, 4) is 0 Å². The van der Waals surface area contributed by atoms with Gasteiger partial charge in [0.05, 0.1) is 7.11 Å². The van der Waals surface area contributed by atoms with Gasteiger partial charge in [0.1, 0.15) is 0 Å². The molecule has 0 fully saturated rings. The average Bonchev–Trinajstić information content (AvgIpc) is 2.03. The van der Waals surface area contributed by atoms with Gasteiger partial charge in [0, 0.05) is 6.08 Å². The summed E-state index contributed by atoms with van der Waals surface area (Å²) in [6, 6.07) is 0. The number of thiol groups is 1. The molecule has 0 aliphatic heterocycles. The molecule has 0 amide bonds. The molecule has 3 heteroatoms. The van der Waals surface area contributed by atoms with E-state index in [9.17, 15) is 4.79 Å². The predicted octanol–water partition coefficient (Wildman–Crippen LogP) is 1.80. The summed E-state index contributed by atoms with van der Waals surface area (Å²) in [6.45, 7) is 5.08. The summed E-state index contributed by atoms with van der Waals surface area (Å²) < 4.78 is 4.14. The molecule has 0 radical (unpaired) electrons. The highest BCUT2D eigenvalue weighted by atomic mass is 32.1. The van der Waals surface area contributed by atoms with Crippen LogP contribution in [0.1, 0.15) is 6.92 Å². The molecule has 0 unspecified atom stereocenters. The molecule has 10 heavy (non-hydrogen) atoms. The molecule has 58 valence electrons. The zero-order chi connectivity index (χ0) is 8.41. The Hall–Kier alpha value is -0.700. The third-order valence-corrected chi connectivity index (χ3v) is 0.815. The average molecular weight is 160 g/mol. The number of hydrogen-bond acceptors (Lipinski definition) is 3. The van der Waals surface area contributed by atoms with Gasteiger partial charge in [-0.05, 0) is 12.3 Å². The molecule has 0 aromatic heterocycles. The second kappa shape index (κ2) is 11.1. The van der Waals surface area contributed by atoms with Gasteiger partial charge < -0.3 is 4.74 Å². The fourth-order valence-corrected chi connectivity index (χ4v) is 0.0833. The van der Waals surface area contributed by atoms with Crippen molar-refractivity contribution in [2.75, 3.05) is 7.11 Å². The Balaban J connectivity index is 0. The Labute approximate surface area is 67.0 Å². The second-order valence-corrected chi connectivity index (χ2v) is 1.51. The van der Waals surface area contributed by atoms with E-state index in [0.717, 1.165) is 6.08 Å². The highest BCUT2D eigenvalue weighted by molar-refractivity contribution is 7.83. The molecule has 0 atom stereocenters. The van der Waals surface area contributed by atoms with E-state index in [2.05, 4.69) is 23.9 Å². The van der Waals surface area contributed by atoms with Gasteiger partial charge in [-0.3, -0.25) is 0 Å². The Morgan fingerprint density at radius 2 is 2.10 bits per heavy atom. The van der Waals surface area contributed by atoms with Crippen LogP contribution in [0.15, 0.2) is 24.1 Å². The summed E-state index contributed by atoms with van der Waals surface area (Å²) in [4.78, 5) is 9.84. The Morgan fingerprint density at radius 1 is 1.70 bits per heavy atom. The first kappa shape index (κ1) is 12.0. The van der Waals surface area contributed by atoms with Crippen LogP contribution in [0.3, 0.4) is 0 Å². The summed E-state index contributed by atoms with van der Waals surface area (Å²) >= 11 is 3.74. The van der Waals surface area contributed by atoms with Crippen molar-refractivity contribution in [1.82, 2.24) is 0 Å². The molecule has 0 spiro atoms. The summed E-state index contributed by atoms with van der Waals surface area (Å²) in [5, 5.41) is 1.69. The zero-order valence-electron chi connectivity index (χ0n) is 6.20. The lowest BCUT2D eigenvalue weighted by molar-refractivity contribution is -0.134. The van der Waals surface area contributed by atoms with Crippen LogP contribution in [0.25, 0.3) is 0 Å². The number of carbonyl (C=O) groups is 1. The van der Waals surface area contributed by atoms with E-state index in [1.807, 2.05) is 13.0 Å². The Bertz CT molecular complexity index is 115. The summed E-state index contributed by atoms with van der Waals surface area (Å²) in [6.07, 6.45) is 2.98. The first-order valence-electron chi connectivity index (χ1n) is 2.68. The minimum atomic E-state index is -0.394. The minimum Gasteiger partial charge on any atom is -0.466 e. The topological polar surface area (TPSA) is 26.3 Å². The Kier molecular flexibility index (Phi) is 13.4. The van der Waals surface area contributed by atoms with Crippen LogP contribution < -0.4 is 0 Å². The fourth-order valence-electron chi connectivity index (χ4n) is 0.0833. The lowest BCUT2D eigenvalue weighted by atomic mass is 10.7. The number of carbonyl (C=O) groups excluding carboxylic acids is 1. The van der Waals surface area contributed by atoms with Crippen molar-refractivity contribution >= 4 is 18.6 Å². The van der Waals surface area contributed by atoms with E-state index in [1.54, 1.807) is 5.41 Å². The molecule has 0 rings (SSSR count). The smallest absolute Gasteiger partial charge is 0.329 e. The van der Waals surface area contributed by atoms with Crippen molar-refractivity contribution in [1.29, 1.82) is 0 Å². The number of allylic oxidation sites excluding steroid dienone is 1. The lowest BCUT2D eigenvalue weighted by Crippen LogP contribution is -1.91. The van der Waals surface area contributed by atoms with Crippen LogP contribution >= 0.6 is 12.6 Å². The van der Waals surface area contributed by atoms with Crippen LogP contribution in [0.5, 0.6) is 0 Å². The molecule has 0 aromatic rings. The van der Waals surface area contributed by atoms with Crippen LogP contribution in [0.2, 0.25) is 0 Å². The molecule has 0 bridgehead atoms. The van der Waals surface area contributed by atoms with Crippen molar-refractivity contribution in [3.63, 3.8) is 0 Å². The molecule has 0 heterocycles. The molecular formula is C7H12O2S.